The molecule has 1 unspecified atom stereocenters. The largest absolute Gasteiger partial charge is 0.497 e. The summed E-state index contributed by atoms with van der Waals surface area (Å²) in [6, 6.07) is 8.95. The molecule has 1 N–H and O–H groups in total. The summed E-state index contributed by atoms with van der Waals surface area (Å²) in [5.74, 6) is 0.180. The lowest BCUT2D eigenvalue weighted by Gasteiger charge is -2.25. The summed E-state index contributed by atoms with van der Waals surface area (Å²) in [5, 5.41) is 8.47. The van der Waals surface area contributed by atoms with Crippen LogP contribution in [-0.4, -0.2) is 46.8 Å². The van der Waals surface area contributed by atoms with Crippen LogP contribution in [-0.2, 0) is 10.0 Å². The minimum absolute atomic E-state index is 0.140. The van der Waals surface area contributed by atoms with Crippen LogP contribution in [0.3, 0.4) is 0 Å². The molecule has 1 rings (SSSR count). The second-order valence-electron chi connectivity index (χ2n) is 4.52. The predicted octanol–water partition coefficient (Wildman–Crippen LogP) is 0.741. The average molecular weight is 297 g/mol. The van der Waals surface area contributed by atoms with E-state index < -0.39 is 15.8 Å². The van der Waals surface area contributed by atoms with E-state index >= 15 is 0 Å². The first-order valence-electron chi connectivity index (χ1n) is 6.04. The Kier molecular flexibility index (Phi) is 5.95. The van der Waals surface area contributed by atoms with Crippen LogP contribution >= 0.6 is 0 Å². The highest BCUT2D eigenvalue weighted by Gasteiger charge is 2.18. The second kappa shape index (κ2) is 7.24. The number of ether oxygens (including phenoxy) is 1. The fraction of sp³-hybridized carbons (Fsp3) is 0.462. The van der Waals surface area contributed by atoms with E-state index in [1.165, 1.54) is 0 Å². The van der Waals surface area contributed by atoms with Crippen molar-refractivity contribution in [1.82, 2.24) is 9.62 Å². The number of hydrogen-bond donors (Lipinski definition) is 1. The van der Waals surface area contributed by atoms with Gasteiger partial charge in [0.2, 0.25) is 10.0 Å². The van der Waals surface area contributed by atoms with Crippen LogP contribution < -0.4 is 9.46 Å². The minimum Gasteiger partial charge on any atom is -0.497 e. The predicted molar refractivity (Wildman–Crippen MR) is 76.8 cm³/mol. The molecule has 0 spiro atoms. The third-order valence-electron chi connectivity index (χ3n) is 2.85. The number of hydrogen-bond acceptors (Lipinski definition) is 5. The van der Waals surface area contributed by atoms with E-state index in [2.05, 4.69) is 4.72 Å². The Morgan fingerprint density at radius 1 is 1.45 bits per heavy atom. The smallest absolute Gasteiger partial charge is 0.225 e. The molecule has 0 aliphatic carbocycles. The molecule has 0 aromatic heterocycles. The van der Waals surface area contributed by atoms with E-state index in [1.807, 2.05) is 43.3 Å². The van der Waals surface area contributed by atoms with Crippen LogP contribution in [0.5, 0.6) is 5.75 Å². The van der Waals surface area contributed by atoms with Gasteiger partial charge in [0.15, 0.2) is 5.75 Å². The Hall–Kier alpha value is -1.62. The van der Waals surface area contributed by atoms with Gasteiger partial charge in [-0.25, -0.2) is 13.1 Å². The fourth-order valence-electron chi connectivity index (χ4n) is 1.79. The van der Waals surface area contributed by atoms with Gasteiger partial charge in [0.25, 0.3) is 0 Å². The van der Waals surface area contributed by atoms with Gasteiger partial charge in [0.05, 0.1) is 13.2 Å². The molecule has 1 aromatic rings. The molecule has 1 atom stereocenters. The molecule has 6 nitrogen and oxygen atoms in total. The lowest BCUT2D eigenvalue weighted by Crippen LogP contribution is -2.35. The Morgan fingerprint density at radius 3 is 2.70 bits per heavy atom. The summed E-state index contributed by atoms with van der Waals surface area (Å²) in [4.78, 5) is 1.91. The first-order chi connectivity index (χ1) is 9.39. The first-order valence-corrected chi connectivity index (χ1v) is 7.69. The molecule has 7 heteroatoms. The molecule has 0 fully saturated rings. The fourth-order valence-corrected chi connectivity index (χ4v) is 2.47. The van der Waals surface area contributed by atoms with Gasteiger partial charge in [0.1, 0.15) is 5.75 Å². The van der Waals surface area contributed by atoms with Crippen molar-refractivity contribution in [3.8, 4) is 11.8 Å². The lowest BCUT2D eigenvalue weighted by molar-refractivity contribution is 0.298. The van der Waals surface area contributed by atoms with Crippen molar-refractivity contribution < 1.29 is 13.2 Å². The summed E-state index contributed by atoms with van der Waals surface area (Å²) < 4.78 is 30.7. The van der Waals surface area contributed by atoms with Crippen molar-refractivity contribution in [3.63, 3.8) is 0 Å². The molecular formula is C13H19N3O3S. The van der Waals surface area contributed by atoms with Crippen molar-refractivity contribution in [1.29, 1.82) is 5.26 Å². The first kappa shape index (κ1) is 16.4. The van der Waals surface area contributed by atoms with E-state index in [9.17, 15) is 8.42 Å². The minimum atomic E-state index is -3.55. The van der Waals surface area contributed by atoms with Gasteiger partial charge in [-0.05, 0) is 31.8 Å². The van der Waals surface area contributed by atoms with Gasteiger partial charge in [-0.15, -0.1) is 0 Å². The summed E-state index contributed by atoms with van der Waals surface area (Å²) in [7, 11) is 1.76. The molecule has 0 amide bonds. The van der Waals surface area contributed by atoms with E-state index in [4.69, 9.17) is 10.00 Å². The zero-order valence-corrected chi connectivity index (χ0v) is 12.6. The van der Waals surface area contributed by atoms with Crippen LogP contribution in [0.1, 0.15) is 11.6 Å². The van der Waals surface area contributed by atoms with E-state index in [0.717, 1.165) is 5.56 Å². The van der Waals surface area contributed by atoms with Crippen LogP contribution in [0, 0.1) is 11.3 Å². The van der Waals surface area contributed by atoms with Gasteiger partial charge in [-0.2, -0.15) is 5.26 Å². The Balaban J connectivity index is 2.87. The zero-order chi connectivity index (χ0) is 15.2. The molecule has 0 bridgehead atoms. The lowest BCUT2D eigenvalue weighted by atomic mass is 10.1. The maximum absolute atomic E-state index is 11.5. The summed E-state index contributed by atoms with van der Waals surface area (Å²) in [5.41, 5.74) is 0.939. The molecule has 110 valence electrons. The molecule has 0 heterocycles. The normalized spacial score (nSPS) is 12.9. The summed E-state index contributed by atoms with van der Waals surface area (Å²) in [6.07, 6.45) is 0. The third-order valence-corrected chi connectivity index (χ3v) is 3.97. The Bertz CT molecular complexity index is 579. The molecular weight excluding hydrogens is 278 g/mol. The van der Waals surface area contributed by atoms with Crippen molar-refractivity contribution in [2.75, 3.05) is 33.5 Å². The topological polar surface area (TPSA) is 82.4 Å². The average Bonchev–Trinajstić information content (AvgIpc) is 2.38. The van der Waals surface area contributed by atoms with Gasteiger partial charge in [-0.1, -0.05) is 12.1 Å². The maximum atomic E-state index is 11.5. The molecule has 0 aliphatic heterocycles. The van der Waals surface area contributed by atoms with Crippen LogP contribution in [0.4, 0.5) is 0 Å². The number of rotatable bonds is 7. The zero-order valence-electron chi connectivity index (χ0n) is 11.8. The third kappa shape index (κ3) is 4.81. The highest BCUT2D eigenvalue weighted by molar-refractivity contribution is 7.89. The van der Waals surface area contributed by atoms with E-state index in [1.54, 1.807) is 13.2 Å². The van der Waals surface area contributed by atoms with E-state index in [-0.39, 0.29) is 12.6 Å². The van der Waals surface area contributed by atoms with Crippen molar-refractivity contribution in [2.45, 2.75) is 6.04 Å². The van der Waals surface area contributed by atoms with Crippen molar-refractivity contribution >= 4 is 10.0 Å². The molecule has 0 radical (unpaired) electrons. The van der Waals surface area contributed by atoms with Crippen molar-refractivity contribution in [2.24, 2.45) is 0 Å². The highest BCUT2D eigenvalue weighted by atomic mass is 32.2. The van der Waals surface area contributed by atoms with Crippen LogP contribution in [0.2, 0.25) is 0 Å². The Labute approximate surface area is 120 Å². The molecule has 1 aromatic carbocycles. The molecule has 0 aliphatic rings. The van der Waals surface area contributed by atoms with Gasteiger partial charge >= 0.3 is 0 Å². The molecule has 20 heavy (non-hydrogen) atoms. The number of likely N-dealkylation sites (N-methyl/N-ethyl adjacent to an activating group) is 1. The van der Waals surface area contributed by atoms with Gasteiger partial charge in [-0.3, -0.25) is 0 Å². The number of nitrogens with one attached hydrogen (secondary N) is 1. The van der Waals surface area contributed by atoms with Gasteiger partial charge in [0, 0.05) is 12.6 Å². The number of nitrogens with zero attached hydrogens (tertiary/aromatic N) is 2. The van der Waals surface area contributed by atoms with Crippen LogP contribution in [0.25, 0.3) is 0 Å². The van der Waals surface area contributed by atoms with Gasteiger partial charge < -0.3 is 9.64 Å². The second-order valence-corrected chi connectivity index (χ2v) is 6.33. The summed E-state index contributed by atoms with van der Waals surface area (Å²) in [6.45, 7) is 0.199. The number of benzene rings is 1. The number of sulfonamides is 1. The van der Waals surface area contributed by atoms with E-state index in [0.29, 0.717) is 5.75 Å². The number of nitriles is 1. The molecule has 0 saturated carbocycles. The highest BCUT2D eigenvalue weighted by Crippen LogP contribution is 2.22. The molecule has 0 saturated heterocycles. The number of methoxy groups -OCH3 is 1. The Morgan fingerprint density at radius 2 is 2.15 bits per heavy atom. The standard InChI is InChI=1S/C13H19N3O3S/c1-16(2)13(10-15-20(17,18)8-7-14)11-5-4-6-12(9-11)19-3/h4-6,9,13,15H,8,10H2,1-3H3. The van der Waals surface area contributed by atoms with Crippen molar-refractivity contribution in [3.05, 3.63) is 29.8 Å². The monoisotopic (exact) mass is 297 g/mol. The summed E-state index contributed by atoms with van der Waals surface area (Å²) >= 11 is 0. The quantitative estimate of drug-likeness (QED) is 0.802. The maximum Gasteiger partial charge on any atom is 0.225 e. The van der Waals surface area contributed by atoms with Crippen LogP contribution in [0.15, 0.2) is 24.3 Å². The SMILES string of the molecule is COc1cccc(C(CNS(=O)(=O)CC#N)N(C)C)c1.